The molecule has 36 heavy (non-hydrogen) atoms. The highest BCUT2D eigenvalue weighted by Gasteiger charge is 2.45. The third-order valence-corrected chi connectivity index (χ3v) is 6.96. The highest BCUT2D eigenvalue weighted by Crippen LogP contribution is 2.40. The number of hydrogen-bond donors (Lipinski definition) is 1. The Morgan fingerprint density at radius 1 is 1.00 bits per heavy atom. The third-order valence-electron chi connectivity index (χ3n) is 5.84. The minimum absolute atomic E-state index is 0.0491. The van der Waals surface area contributed by atoms with Gasteiger partial charge in [0.15, 0.2) is 6.10 Å². The molecule has 1 fully saturated rings. The number of thiophene rings is 1. The first-order chi connectivity index (χ1) is 17.2. The number of fused-ring (bicyclic) bond motifs is 1. The van der Waals surface area contributed by atoms with Gasteiger partial charge in [-0.15, -0.1) is 11.3 Å². The van der Waals surface area contributed by atoms with E-state index in [1.165, 1.54) is 30.9 Å². The van der Waals surface area contributed by atoms with Crippen LogP contribution in [0.1, 0.15) is 49.3 Å². The smallest absolute Gasteiger partial charge is 0.303 e. The van der Waals surface area contributed by atoms with E-state index in [0.29, 0.717) is 12.0 Å². The minimum Gasteiger partial charge on any atom is -0.508 e. The Kier molecular flexibility index (Phi) is 7.91. The monoisotopic (exact) mass is 512 g/mol. The van der Waals surface area contributed by atoms with Crippen molar-refractivity contribution in [2.45, 2.75) is 58.0 Å². The van der Waals surface area contributed by atoms with E-state index < -0.39 is 42.3 Å². The van der Waals surface area contributed by atoms with Crippen molar-refractivity contribution in [2.75, 3.05) is 6.61 Å². The molecule has 0 radical (unpaired) electrons. The summed E-state index contributed by atoms with van der Waals surface area (Å²) in [5.41, 5.74) is 1.32. The summed E-state index contributed by atoms with van der Waals surface area (Å²) in [4.78, 5) is 36.3. The molecule has 0 unspecified atom stereocenters. The van der Waals surface area contributed by atoms with Crippen molar-refractivity contribution in [2.24, 2.45) is 0 Å². The van der Waals surface area contributed by atoms with Gasteiger partial charge in [0.1, 0.15) is 24.6 Å². The van der Waals surface area contributed by atoms with Gasteiger partial charge in [-0.05, 0) is 35.2 Å². The van der Waals surface area contributed by atoms with Crippen LogP contribution in [0.2, 0.25) is 0 Å². The molecular formula is C27H28O8S. The second kappa shape index (κ2) is 11.1. The molecule has 0 bridgehead atoms. The summed E-state index contributed by atoms with van der Waals surface area (Å²) in [7, 11) is 0. The fourth-order valence-corrected chi connectivity index (χ4v) is 5.52. The van der Waals surface area contributed by atoms with E-state index in [1.54, 1.807) is 23.5 Å². The number of benzene rings is 2. The van der Waals surface area contributed by atoms with Crippen molar-refractivity contribution in [3.63, 3.8) is 0 Å². The maximum absolute atomic E-state index is 11.9. The molecule has 1 aromatic heterocycles. The van der Waals surface area contributed by atoms with E-state index in [0.717, 1.165) is 10.4 Å². The SMILES string of the molecule is CC(=O)OC[C@@H]1C[C@H](OC(C)=O)[C@@H](OC(C)=O)[C@H](c2cc(Cc3cc4ccccc4s3)ccc2O)O1. The number of aromatic hydroxyl groups is 1. The van der Waals surface area contributed by atoms with E-state index in [4.69, 9.17) is 18.9 Å². The van der Waals surface area contributed by atoms with Crippen molar-refractivity contribution in [1.29, 1.82) is 0 Å². The molecule has 0 aliphatic carbocycles. The first-order valence-corrected chi connectivity index (χ1v) is 12.4. The molecule has 4 rings (SSSR count). The number of rotatable bonds is 7. The Bertz CT molecular complexity index is 1230. The summed E-state index contributed by atoms with van der Waals surface area (Å²) in [5, 5.41) is 11.9. The fraction of sp³-hybridized carbons (Fsp3) is 0.370. The molecule has 2 heterocycles. The van der Waals surface area contributed by atoms with E-state index in [-0.39, 0.29) is 18.8 Å². The predicted octanol–water partition coefficient (Wildman–Crippen LogP) is 4.45. The number of carbonyl (C=O) groups excluding carboxylic acids is 3. The summed E-state index contributed by atoms with van der Waals surface area (Å²) in [5.74, 6) is -1.65. The van der Waals surface area contributed by atoms with Gasteiger partial charge in [0.2, 0.25) is 0 Å². The molecule has 0 spiro atoms. The quantitative estimate of drug-likeness (QED) is 0.365. The van der Waals surface area contributed by atoms with Crippen LogP contribution in [0.15, 0.2) is 48.5 Å². The Labute approximate surface area is 212 Å². The van der Waals surface area contributed by atoms with E-state index in [9.17, 15) is 19.5 Å². The van der Waals surface area contributed by atoms with Gasteiger partial charge < -0.3 is 24.1 Å². The van der Waals surface area contributed by atoms with Crippen LogP contribution < -0.4 is 0 Å². The van der Waals surface area contributed by atoms with Gasteiger partial charge in [-0.25, -0.2) is 0 Å². The van der Waals surface area contributed by atoms with Crippen LogP contribution in [-0.4, -0.2) is 47.9 Å². The van der Waals surface area contributed by atoms with Crippen molar-refractivity contribution in [3.05, 3.63) is 64.5 Å². The van der Waals surface area contributed by atoms with E-state index in [1.807, 2.05) is 18.2 Å². The van der Waals surface area contributed by atoms with Crippen molar-refractivity contribution < 1.29 is 38.4 Å². The van der Waals surface area contributed by atoms with Crippen LogP contribution in [0.25, 0.3) is 10.1 Å². The molecule has 8 nitrogen and oxygen atoms in total. The second-order valence-corrected chi connectivity index (χ2v) is 9.93. The van der Waals surface area contributed by atoms with Crippen LogP contribution >= 0.6 is 11.3 Å². The predicted molar refractivity (Wildman–Crippen MR) is 133 cm³/mol. The Morgan fingerprint density at radius 3 is 2.44 bits per heavy atom. The van der Waals surface area contributed by atoms with Crippen molar-refractivity contribution in [1.82, 2.24) is 0 Å². The van der Waals surface area contributed by atoms with Crippen molar-refractivity contribution >= 4 is 39.3 Å². The van der Waals surface area contributed by atoms with Gasteiger partial charge in [0, 0.05) is 48.8 Å². The van der Waals surface area contributed by atoms with E-state index in [2.05, 4.69) is 18.2 Å². The van der Waals surface area contributed by atoms with Crippen molar-refractivity contribution in [3.8, 4) is 5.75 Å². The molecule has 3 aromatic rings. The number of ether oxygens (including phenoxy) is 4. The first kappa shape index (κ1) is 25.7. The lowest BCUT2D eigenvalue weighted by Gasteiger charge is -2.40. The maximum Gasteiger partial charge on any atom is 0.303 e. The number of esters is 3. The molecule has 9 heteroatoms. The molecular weight excluding hydrogens is 484 g/mol. The zero-order valence-corrected chi connectivity index (χ0v) is 21.1. The largest absolute Gasteiger partial charge is 0.508 e. The molecule has 2 aromatic carbocycles. The molecule has 1 saturated heterocycles. The highest BCUT2D eigenvalue weighted by molar-refractivity contribution is 7.19. The molecule has 0 amide bonds. The van der Waals surface area contributed by atoms with Gasteiger partial charge in [-0.1, -0.05) is 24.3 Å². The van der Waals surface area contributed by atoms with Gasteiger partial charge in [-0.2, -0.15) is 0 Å². The lowest BCUT2D eigenvalue weighted by Crippen LogP contribution is -2.49. The second-order valence-electron chi connectivity index (χ2n) is 8.76. The van der Waals surface area contributed by atoms with Crippen LogP contribution in [0.3, 0.4) is 0 Å². The minimum atomic E-state index is -0.995. The van der Waals surface area contributed by atoms with Crippen LogP contribution in [0, 0.1) is 0 Å². The highest BCUT2D eigenvalue weighted by atomic mass is 32.1. The third kappa shape index (κ3) is 6.22. The first-order valence-electron chi connectivity index (χ1n) is 11.6. The molecule has 190 valence electrons. The fourth-order valence-electron chi connectivity index (χ4n) is 4.42. The average molecular weight is 513 g/mol. The number of phenolic OH excluding ortho intramolecular Hbond substituents is 1. The Balaban J connectivity index is 1.67. The summed E-state index contributed by atoms with van der Waals surface area (Å²) in [6, 6.07) is 15.5. The van der Waals surface area contributed by atoms with Gasteiger partial charge in [-0.3, -0.25) is 14.4 Å². The molecule has 1 N–H and O–H groups in total. The topological polar surface area (TPSA) is 108 Å². The summed E-state index contributed by atoms with van der Waals surface area (Å²) in [6.45, 7) is 3.73. The normalized spacial score (nSPS) is 21.6. The van der Waals surface area contributed by atoms with Gasteiger partial charge in [0.05, 0.1) is 6.10 Å². The number of hydrogen-bond acceptors (Lipinski definition) is 9. The summed E-state index contributed by atoms with van der Waals surface area (Å²) < 4.78 is 23.5. The Hall–Kier alpha value is -3.43. The van der Waals surface area contributed by atoms with Crippen LogP contribution in [-0.2, 0) is 39.8 Å². The summed E-state index contributed by atoms with van der Waals surface area (Å²) >= 11 is 1.69. The number of carbonyl (C=O) groups is 3. The van der Waals surface area contributed by atoms with Gasteiger partial charge in [0.25, 0.3) is 0 Å². The molecule has 1 aliphatic heterocycles. The lowest BCUT2D eigenvalue weighted by molar-refractivity contribution is -0.214. The van der Waals surface area contributed by atoms with E-state index >= 15 is 0 Å². The average Bonchev–Trinajstić information content (AvgIpc) is 3.22. The zero-order valence-electron chi connectivity index (χ0n) is 20.3. The molecule has 4 atom stereocenters. The van der Waals surface area contributed by atoms with Crippen LogP contribution in [0.4, 0.5) is 0 Å². The van der Waals surface area contributed by atoms with Gasteiger partial charge >= 0.3 is 17.9 Å². The number of phenols is 1. The zero-order chi connectivity index (χ0) is 25.8. The molecule has 1 aliphatic rings. The maximum atomic E-state index is 11.9. The molecule has 0 saturated carbocycles. The lowest BCUT2D eigenvalue weighted by atomic mass is 9.91. The standard InChI is InChI=1S/C27H28O8S/c1-15(28)32-14-20-13-24(33-16(2)29)27(34-17(3)30)26(35-20)22-11-18(8-9-23(22)31)10-21-12-19-6-4-5-7-25(19)36-21/h4-9,11-12,20,24,26-27,31H,10,13-14H2,1-3H3/t20-,24-,26-,27+/m0/s1. The Morgan fingerprint density at radius 2 is 1.75 bits per heavy atom. The summed E-state index contributed by atoms with van der Waals surface area (Å²) in [6.07, 6.45) is -2.65. The van der Waals surface area contributed by atoms with Crippen LogP contribution in [0.5, 0.6) is 5.75 Å².